The summed E-state index contributed by atoms with van der Waals surface area (Å²) >= 11 is 0. The molecule has 100 valence electrons. The standard InChI is InChI=1S/C14H28N2O/c1-16-10-5-2-6-13(16)7-11-17-12-14(15)8-3-4-9-14/h13H,2-12,15H2,1H3. The minimum absolute atomic E-state index is 0.00152. The molecule has 2 N–H and O–H groups in total. The van der Waals surface area contributed by atoms with Gasteiger partial charge in [-0.05, 0) is 45.7 Å². The largest absolute Gasteiger partial charge is 0.379 e. The molecule has 0 aromatic heterocycles. The van der Waals surface area contributed by atoms with Crippen LogP contribution in [0, 0.1) is 0 Å². The fourth-order valence-electron chi connectivity index (χ4n) is 3.23. The van der Waals surface area contributed by atoms with Crippen molar-refractivity contribution in [2.24, 2.45) is 5.73 Å². The molecule has 1 heterocycles. The van der Waals surface area contributed by atoms with Gasteiger partial charge in [-0.15, -0.1) is 0 Å². The Labute approximate surface area is 106 Å². The molecule has 0 spiro atoms. The summed E-state index contributed by atoms with van der Waals surface area (Å²) in [4.78, 5) is 2.49. The quantitative estimate of drug-likeness (QED) is 0.748. The maximum atomic E-state index is 6.27. The van der Waals surface area contributed by atoms with E-state index in [1.165, 1.54) is 45.1 Å². The van der Waals surface area contributed by atoms with Gasteiger partial charge in [0.2, 0.25) is 0 Å². The van der Waals surface area contributed by atoms with E-state index in [9.17, 15) is 0 Å². The normalized spacial score (nSPS) is 29.6. The van der Waals surface area contributed by atoms with Crippen molar-refractivity contribution in [1.82, 2.24) is 4.90 Å². The lowest BCUT2D eigenvalue weighted by Gasteiger charge is -2.32. The third kappa shape index (κ3) is 3.94. The van der Waals surface area contributed by atoms with Crippen LogP contribution in [0.2, 0.25) is 0 Å². The van der Waals surface area contributed by atoms with Gasteiger partial charge in [0.05, 0.1) is 6.61 Å². The first-order valence-electron chi connectivity index (χ1n) is 7.26. The van der Waals surface area contributed by atoms with Crippen molar-refractivity contribution >= 4 is 0 Å². The highest BCUT2D eigenvalue weighted by atomic mass is 16.5. The first-order chi connectivity index (χ1) is 8.20. The second-order valence-corrected chi connectivity index (χ2v) is 6.04. The maximum absolute atomic E-state index is 6.27. The number of piperidine rings is 1. The SMILES string of the molecule is CN1CCCCC1CCOCC1(N)CCCC1. The van der Waals surface area contributed by atoms with E-state index >= 15 is 0 Å². The molecule has 3 nitrogen and oxygen atoms in total. The van der Waals surface area contributed by atoms with Gasteiger partial charge < -0.3 is 15.4 Å². The van der Waals surface area contributed by atoms with Gasteiger partial charge in [-0.1, -0.05) is 19.3 Å². The number of rotatable bonds is 5. The average molecular weight is 240 g/mol. The minimum Gasteiger partial charge on any atom is -0.379 e. The molecule has 0 radical (unpaired) electrons. The molecule has 0 amide bonds. The van der Waals surface area contributed by atoms with E-state index in [1.807, 2.05) is 0 Å². The molecule has 1 aliphatic carbocycles. The minimum atomic E-state index is -0.00152. The molecule has 1 atom stereocenters. The summed E-state index contributed by atoms with van der Waals surface area (Å²) in [7, 11) is 2.24. The van der Waals surface area contributed by atoms with Crippen LogP contribution < -0.4 is 5.73 Å². The molecule has 2 fully saturated rings. The third-order valence-corrected chi connectivity index (χ3v) is 4.51. The molecule has 1 saturated carbocycles. The summed E-state index contributed by atoms with van der Waals surface area (Å²) < 4.78 is 5.82. The van der Waals surface area contributed by atoms with Crippen LogP contribution in [-0.2, 0) is 4.74 Å². The van der Waals surface area contributed by atoms with E-state index in [0.29, 0.717) is 0 Å². The monoisotopic (exact) mass is 240 g/mol. The third-order valence-electron chi connectivity index (χ3n) is 4.51. The maximum Gasteiger partial charge on any atom is 0.0646 e. The summed E-state index contributed by atoms with van der Waals surface area (Å²) in [6, 6.07) is 0.737. The van der Waals surface area contributed by atoms with E-state index in [0.717, 1.165) is 32.1 Å². The van der Waals surface area contributed by atoms with Gasteiger partial charge >= 0.3 is 0 Å². The van der Waals surface area contributed by atoms with E-state index in [2.05, 4.69) is 11.9 Å². The smallest absolute Gasteiger partial charge is 0.0646 e. The molecule has 0 bridgehead atoms. The predicted octanol–water partition coefficient (Wildman–Crippen LogP) is 2.15. The predicted molar refractivity (Wildman–Crippen MR) is 71.1 cm³/mol. The van der Waals surface area contributed by atoms with E-state index in [-0.39, 0.29) is 5.54 Å². The Hall–Kier alpha value is -0.120. The van der Waals surface area contributed by atoms with Crippen LogP contribution in [0.4, 0.5) is 0 Å². The Morgan fingerprint density at radius 1 is 1.24 bits per heavy atom. The molecule has 0 aromatic rings. The van der Waals surface area contributed by atoms with Gasteiger partial charge in [-0.3, -0.25) is 0 Å². The lowest BCUT2D eigenvalue weighted by Crippen LogP contribution is -2.42. The van der Waals surface area contributed by atoms with Crippen LogP contribution in [0.15, 0.2) is 0 Å². The molecule has 2 aliphatic rings. The number of likely N-dealkylation sites (tertiary alicyclic amines) is 1. The van der Waals surface area contributed by atoms with Crippen LogP contribution in [0.5, 0.6) is 0 Å². The van der Waals surface area contributed by atoms with Crippen molar-refractivity contribution in [1.29, 1.82) is 0 Å². The van der Waals surface area contributed by atoms with Crippen LogP contribution in [0.25, 0.3) is 0 Å². The zero-order valence-corrected chi connectivity index (χ0v) is 11.3. The highest BCUT2D eigenvalue weighted by Crippen LogP contribution is 2.27. The first-order valence-corrected chi connectivity index (χ1v) is 7.26. The van der Waals surface area contributed by atoms with E-state index in [4.69, 9.17) is 10.5 Å². The molecular formula is C14H28N2O. The Bertz CT molecular complexity index is 226. The molecular weight excluding hydrogens is 212 g/mol. The van der Waals surface area contributed by atoms with Crippen molar-refractivity contribution in [3.63, 3.8) is 0 Å². The Kier molecular flexibility index (Phi) is 4.83. The van der Waals surface area contributed by atoms with E-state index < -0.39 is 0 Å². The molecule has 0 aromatic carbocycles. The van der Waals surface area contributed by atoms with Crippen LogP contribution >= 0.6 is 0 Å². The molecule has 17 heavy (non-hydrogen) atoms. The van der Waals surface area contributed by atoms with Crippen molar-refractivity contribution in [2.45, 2.75) is 62.9 Å². The summed E-state index contributed by atoms with van der Waals surface area (Å²) in [6.45, 7) is 2.91. The van der Waals surface area contributed by atoms with Gasteiger partial charge in [-0.25, -0.2) is 0 Å². The van der Waals surface area contributed by atoms with Gasteiger partial charge in [-0.2, -0.15) is 0 Å². The number of nitrogens with two attached hydrogens (primary N) is 1. The Morgan fingerprint density at radius 2 is 2.00 bits per heavy atom. The van der Waals surface area contributed by atoms with E-state index in [1.54, 1.807) is 0 Å². The van der Waals surface area contributed by atoms with Crippen molar-refractivity contribution in [2.75, 3.05) is 26.8 Å². The molecule has 1 unspecified atom stereocenters. The van der Waals surface area contributed by atoms with Crippen molar-refractivity contribution < 1.29 is 4.74 Å². The number of ether oxygens (including phenoxy) is 1. The summed E-state index contributed by atoms with van der Waals surface area (Å²) in [5, 5.41) is 0. The van der Waals surface area contributed by atoms with Gasteiger partial charge in [0.25, 0.3) is 0 Å². The highest BCUT2D eigenvalue weighted by Gasteiger charge is 2.29. The number of nitrogens with zero attached hydrogens (tertiary/aromatic N) is 1. The molecule has 3 heteroatoms. The topological polar surface area (TPSA) is 38.5 Å². The van der Waals surface area contributed by atoms with Crippen molar-refractivity contribution in [3.05, 3.63) is 0 Å². The van der Waals surface area contributed by atoms with Crippen molar-refractivity contribution in [3.8, 4) is 0 Å². The molecule has 1 aliphatic heterocycles. The Morgan fingerprint density at radius 3 is 2.71 bits per heavy atom. The Balaban J connectivity index is 1.59. The molecule has 2 rings (SSSR count). The van der Waals surface area contributed by atoms with Crippen LogP contribution in [0.3, 0.4) is 0 Å². The first kappa shape index (κ1) is 13.3. The second-order valence-electron chi connectivity index (χ2n) is 6.04. The lowest BCUT2D eigenvalue weighted by molar-refractivity contribution is 0.0622. The summed E-state index contributed by atoms with van der Waals surface area (Å²) in [6.07, 6.45) is 10.1. The highest BCUT2D eigenvalue weighted by molar-refractivity contribution is 4.89. The molecule has 1 saturated heterocycles. The lowest BCUT2D eigenvalue weighted by atomic mass is 10.00. The average Bonchev–Trinajstić information content (AvgIpc) is 2.74. The van der Waals surface area contributed by atoms with Gasteiger partial charge in [0.15, 0.2) is 0 Å². The second kappa shape index (κ2) is 6.17. The van der Waals surface area contributed by atoms with Crippen LogP contribution in [-0.4, -0.2) is 43.3 Å². The van der Waals surface area contributed by atoms with Crippen LogP contribution in [0.1, 0.15) is 51.4 Å². The summed E-state index contributed by atoms with van der Waals surface area (Å²) in [5.41, 5.74) is 6.27. The zero-order chi connectivity index (χ0) is 12.1. The van der Waals surface area contributed by atoms with Gasteiger partial charge in [0, 0.05) is 18.2 Å². The van der Waals surface area contributed by atoms with Gasteiger partial charge in [0.1, 0.15) is 0 Å². The zero-order valence-electron chi connectivity index (χ0n) is 11.3. The number of hydrogen-bond donors (Lipinski definition) is 1. The fourth-order valence-corrected chi connectivity index (χ4v) is 3.23. The number of hydrogen-bond acceptors (Lipinski definition) is 3. The fraction of sp³-hybridized carbons (Fsp3) is 1.00. The summed E-state index contributed by atoms with van der Waals surface area (Å²) in [5.74, 6) is 0.